The van der Waals surface area contributed by atoms with Crippen molar-refractivity contribution in [2.45, 2.75) is 19.4 Å². The van der Waals surface area contributed by atoms with Gasteiger partial charge in [-0.3, -0.25) is 4.79 Å². The van der Waals surface area contributed by atoms with E-state index in [4.69, 9.17) is 14.2 Å². The van der Waals surface area contributed by atoms with Crippen molar-refractivity contribution in [2.24, 2.45) is 0 Å². The van der Waals surface area contributed by atoms with E-state index in [-0.39, 0.29) is 5.97 Å². The summed E-state index contributed by atoms with van der Waals surface area (Å²) in [7, 11) is 0. The molecule has 2 aliphatic heterocycles. The van der Waals surface area contributed by atoms with Crippen molar-refractivity contribution < 1.29 is 23.8 Å². The van der Waals surface area contributed by atoms with Gasteiger partial charge in [-0.15, -0.1) is 0 Å². The number of aryl methyl sites for hydroxylation is 1. The van der Waals surface area contributed by atoms with Gasteiger partial charge in [0.05, 0.1) is 5.56 Å². The summed E-state index contributed by atoms with van der Waals surface area (Å²) in [6, 6.07) is 18.3. The van der Waals surface area contributed by atoms with Crippen molar-refractivity contribution in [3.63, 3.8) is 0 Å². The van der Waals surface area contributed by atoms with Gasteiger partial charge in [-0.1, -0.05) is 30.3 Å². The first-order chi connectivity index (χ1) is 13.5. The minimum absolute atomic E-state index is 0.370. The molecule has 0 fully saturated rings. The molecule has 0 radical (unpaired) electrons. The van der Waals surface area contributed by atoms with Crippen LogP contribution in [0.25, 0.3) is 0 Å². The molecule has 5 heteroatoms. The Morgan fingerprint density at radius 3 is 2.43 bits per heavy atom. The Morgan fingerprint density at radius 2 is 1.64 bits per heavy atom. The molecule has 2 aliphatic rings. The molecule has 1 spiro atoms. The van der Waals surface area contributed by atoms with Gasteiger partial charge in [-0.25, -0.2) is 4.79 Å². The smallest absolute Gasteiger partial charge is 0.340 e. The fraction of sp³-hybridized carbons (Fsp3) is 0.130. The van der Waals surface area contributed by atoms with Crippen molar-refractivity contribution in [3.05, 3.63) is 88.5 Å². The zero-order chi connectivity index (χ0) is 19.5. The molecule has 0 aliphatic carbocycles. The highest BCUT2D eigenvalue weighted by molar-refractivity contribution is 5.97. The summed E-state index contributed by atoms with van der Waals surface area (Å²) in [5.41, 5.74) is 2.69. The second-order valence-corrected chi connectivity index (χ2v) is 6.97. The molecule has 1 atom stereocenters. The third kappa shape index (κ3) is 2.19. The summed E-state index contributed by atoms with van der Waals surface area (Å²) in [5.74, 6) is 0.673. The summed E-state index contributed by atoms with van der Waals surface area (Å²) < 4.78 is 17.4. The minimum Gasteiger partial charge on any atom is -0.456 e. The number of carbonyl (C=O) groups excluding carboxylic acids is 2. The molecule has 3 aromatic rings. The largest absolute Gasteiger partial charge is 0.456 e. The van der Waals surface area contributed by atoms with Gasteiger partial charge in [0.2, 0.25) is 0 Å². The van der Waals surface area contributed by atoms with E-state index in [1.165, 1.54) is 6.92 Å². The van der Waals surface area contributed by atoms with Crippen molar-refractivity contribution in [2.75, 3.05) is 0 Å². The van der Waals surface area contributed by atoms with Crippen LogP contribution in [0.4, 0.5) is 0 Å². The number of rotatable bonds is 1. The van der Waals surface area contributed by atoms with Gasteiger partial charge in [-0.2, -0.15) is 0 Å². The second-order valence-electron chi connectivity index (χ2n) is 6.97. The summed E-state index contributed by atoms with van der Waals surface area (Å²) in [4.78, 5) is 24.1. The van der Waals surface area contributed by atoms with E-state index in [0.717, 1.165) is 16.7 Å². The lowest BCUT2D eigenvalue weighted by molar-refractivity contribution is -0.131. The van der Waals surface area contributed by atoms with Gasteiger partial charge >= 0.3 is 11.9 Å². The van der Waals surface area contributed by atoms with Crippen molar-refractivity contribution in [1.82, 2.24) is 0 Å². The van der Waals surface area contributed by atoms with Crippen LogP contribution in [0.1, 0.15) is 39.5 Å². The predicted octanol–water partition coefficient (Wildman–Crippen LogP) is 4.49. The van der Waals surface area contributed by atoms with Gasteiger partial charge in [0.25, 0.3) is 0 Å². The molecule has 5 nitrogen and oxygen atoms in total. The summed E-state index contributed by atoms with van der Waals surface area (Å²) in [6.45, 7) is 3.31. The molecule has 0 amide bonds. The lowest BCUT2D eigenvalue weighted by Gasteiger charge is -2.36. The molecule has 138 valence electrons. The van der Waals surface area contributed by atoms with E-state index in [2.05, 4.69) is 0 Å². The van der Waals surface area contributed by atoms with Gasteiger partial charge in [0.1, 0.15) is 17.2 Å². The maximum atomic E-state index is 12.7. The summed E-state index contributed by atoms with van der Waals surface area (Å²) in [5, 5.41) is 0. The topological polar surface area (TPSA) is 61.8 Å². The van der Waals surface area contributed by atoms with Crippen LogP contribution in [-0.2, 0) is 15.1 Å². The van der Waals surface area contributed by atoms with Crippen molar-refractivity contribution in [1.29, 1.82) is 0 Å². The Balaban J connectivity index is 1.81. The molecular weight excluding hydrogens is 356 g/mol. The standard InChI is InChI=1S/C23H16O5/c1-13-7-9-18-20(11-13)27-21-12-15(26-14(2)24)8-10-19(21)23(18)17-6-4-3-5-16(17)22(25)28-23/h3-12H,1-2H3. The molecule has 3 aromatic carbocycles. The van der Waals surface area contributed by atoms with Crippen LogP contribution in [0.15, 0.2) is 60.7 Å². The number of carbonyl (C=O) groups is 2. The van der Waals surface area contributed by atoms with Crippen LogP contribution in [0.3, 0.4) is 0 Å². The lowest BCUT2D eigenvalue weighted by atomic mass is 9.77. The van der Waals surface area contributed by atoms with E-state index in [0.29, 0.717) is 28.4 Å². The van der Waals surface area contributed by atoms with E-state index < -0.39 is 11.6 Å². The predicted molar refractivity (Wildman–Crippen MR) is 101 cm³/mol. The fourth-order valence-electron chi connectivity index (χ4n) is 3.99. The Hall–Kier alpha value is -3.60. The monoisotopic (exact) mass is 372 g/mol. The normalized spacial score (nSPS) is 18.6. The Bertz CT molecular complexity index is 1160. The average Bonchev–Trinajstić information content (AvgIpc) is 2.95. The fourth-order valence-corrected chi connectivity index (χ4v) is 3.99. The van der Waals surface area contributed by atoms with Gasteiger partial charge in [0, 0.05) is 29.7 Å². The van der Waals surface area contributed by atoms with Gasteiger partial charge in [-0.05, 0) is 36.8 Å². The number of hydrogen-bond acceptors (Lipinski definition) is 5. The highest BCUT2D eigenvalue weighted by Gasteiger charge is 2.53. The number of ether oxygens (including phenoxy) is 3. The molecule has 5 rings (SSSR count). The Morgan fingerprint density at radius 1 is 0.929 bits per heavy atom. The molecule has 2 heterocycles. The third-order valence-corrected chi connectivity index (χ3v) is 5.10. The number of fused-ring (bicyclic) bond motifs is 6. The summed E-state index contributed by atoms with van der Waals surface area (Å²) >= 11 is 0. The molecular formula is C23H16O5. The Labute approximate surface area is 161 Å². The van der Waals surface area contributed by atoms with Gasteiger partial charge in [0.15, 0.2) is 5.60 Å². The quantitative estimate of drug-likeness (QED) is 0.465. The maximum absolute atomic E-state index is 12.7. The van der Waals surface area contributed by atoms with Crippen LogP contribution < -0.4 is 9.47 Å². The van der Waals surface area contributed by atoms with Crippen molar-refractivity contribution in [3.8, 4) is 17.2 Å². The van der Waals surface area contributed by atoms with Crippen molar-refractivity contribution >= 4 is 11.9 Å². The van der Waals surface area contributed by atoms with E-state index in [9.17, 15) is 9.59 Å². The van der Waals surface area contributed by atoms with Gasteiger partial charge < -0.3 is 14.2 Å². The first-order valence-electron chi connectivity index (χ1n) is 8.94. The maximum Gasteiger partial charge on any atom is 0.340 e. The number of benzene rings is 3. The molecule has 28 heavy (non-hydrogen) atoms. The molecule has 1 unspecified atom stereocenters. The second kappa shape index (κ2) is 5.70. The molecule has 0 N–H and O–H groups in total. The zero-order valence-corrected chi connectivity index (χ0v) is 15.3. The highest BCUT2D eigenvalue weighted by Crippen LogP contribution is 2.56. The number of hydrogen-bond donors (Lipinski definition) is 0. The van der Waals surface area contributed by atoms with E-state index in [1.807, 2.05) is 43.3 Å². The third-order valence-electron chi connectivity index (χ3n) is 5.10. The lowest BCUT2D eigenvalue weighted by Crippen LogP contribution is -2.33. The summed E-state index contributed by atoms with van der Waals surface area (Å²) in [6.07, 6.45) is 0. The van der Waals surface area contributed by atoms with Crippen LogP contribution in [0.5, 0.6) is 17.2 Å². The SMILES string of the molecule is CC(=O)Oc1ccc2c(c1)Oc1cc(C)ccc1C21OC(=O)c2ccccc21. The molecule has 0 bridgehead atoms. The van der Waals surface area contributed by atoms with Crippen LogP contribution in [0.2, 0.25) is 0 Å². The van der Waals surface area contributed by atoms with Crippen LogP contribution >= 0.6 is 0 Å². The minimum atomic E-state index is -1.10. The number of esters is 2. The highest BCUT2D eigenvalue weighted by atomic mass is 16.6. The van der Waals surface area contributed by atoms with Crippen LogP contribution in [0, 0.1) is 6.92 Å². The Kier molecular flexibility index (Phi) is 3.37. The van der Waals surface area contributed by atoms with Crippen LogP contribution in [-0.4, -0.2) is 11.9 Å². The van der Waals surface area contributed by atoms with E-state index in [1.54, 1.807) is 24.3 Å². The average molecular weight is 372 g/mol. The zero-order valence-electron chi connectivity index (χ0n) is 15.3. The first-order valence-corrected chi connectivity index (χ1v) is 8.94. The molecule has 0 saturated heterocycles. The first kappa shape index (κ1) is 16.6. The molecule has 0 aromatic heterocycles. The molecule has 0 saturated carbocycles. The van der Waals surface area contributed by atoms with E-state index >= 15 is 0 Å².